The molecule has 14 heavy (non-hydrogen) atoms. The first kappa shape index (κ1) is 10.8. The molecule has 0 aromatic carbocycles. The molecule has 0 aliphatic heterocycles. The molecule has 78 valence electrons. The molecule has 0 spiro atoms. The summed E-state index contributed by atoms with van der Waals surface area (Å²) in [5, 5.41) is 10.6. The van der Waals surface area contributed by atoms with Crippen molar-refractivity contribution in [2.75, 3.05) is 7.11 Å². The van der Waals surface area contributed by atoms with E-state index in [1.807, 2.05) is 13.8 Å². The van der Waals surface area contributed by atoms with Gasteiger partial charge in [0.2, 0.25) is 0 Å². The minimum atomic E-state index is -1.06. The Labute approximate surface area is 82.6 Å². The Kier molecular flexibility index (Phi) is 2.64. The zero-order chi connectivity index (χ0) is 10.9. The quantitative estimate of drug-likeness (QED) is 0.461. The maximum atomic E-state index is 10.8. The average molecular weight is 197 g/mol. The summed E-state index contributed by atoms with van der Waals surface area (Å²) >= 11 is 0. The van der Waals surface area contributed by atoms with E-state index in [2.05, 4.69) is 4.74 Å². The molecule has 2 unspecified atom stereocenters. The van der Waals surface area contributed by atoms with Crippen LogP contribution in [0.2, 0.25) is 0 Å². The highest BCUT2D eigenvalue weighted by Crippen LogP contribution is 2.58. The molecule has 0 amide bonds. The predicted octanol–water partition coefficient (Wildman–Crippen LogP) is -0.262. The molecule has 4 heteroatoms. The van der Waals surface area contributed by atoms with Crippen LogP contribution in [0.1, 0.15) is 13.8 Å². The van der Waals surface area contributed by atoms with Gasteiger partial charge in [0.15, 0.2) is 0 Å². The molecule has 1 aliphatic carbocycles. The Hall–Kier alpha value is -1.32. The maximum absolute atomic E-state index is 10.8. The van der Waals surface area contributed by atoms with Crippen LogP contribution in [0.3, 0.4) is 0 Å². The number of rotatable bonds is 3. The van der Waals surface area contributed by atoms with Crippen molar-refractivity contribution in [3.8, 4) is 0 Å². The van der Waals surface area contributed by atoms with Gasteiger partial charge in [-0.05, 0) is 11.3 Å². The summed E-state index contributed by atoms with van der Waals surface area (Å²) in [6.07, 6.45) is 2.83. The van der Waals surface area contributed by atoms with Crippen LogP contribution in [0.25, 0.3) is 0 Å². The number of carboxylic acid groups (broad SMARTS) is 1. The first-order chi connectivity index (χ1) is 6.41. The molecule has 0 heterocycles. The topological polar surface area (TPSA) is 66.4 Å². The number of carbonyl (C=O) groups is 2. The highest BCUT2D eigenvalue weighted by atomic mass is 16.5. The Bertz CT molecular complexity index is 290. The van der Waals surface area contributed by atoms with Crippen molar-refractivity contribution < 1.29 is 19.4 Å². The van der Waals surface area contributed by atoms with E-state index in [1.54, 1.807) is 6.08 Å². The lowest BCUT2D eigenvalue weighted by atomic mass is 10.1. The van der Waals surface area contributed by atoms with Crippen molar-refractivity contribution in [2.24, 2.45) is 17.3 Å². The number of hydrogen-bond acceptors (Lipinski definition) is 4. The fraction of sp³-hybridized carbons (Fsp3) is 0.600. The first-order valence-electron chi connectivity index (χ1n) is 4.38. The van der Waals surface area contributed by atoms with E-state index >= 15 is 0 Å². The number of methoxy groups -OCH3 is 1. The second-order valence-electron chi connectivity index (χ2n) is 4.03. The molecular weight excluding hydrogens is 184 g/mol. The monoisotopic (exact) mass is 197 g/mol. The van der Waals surface area contributed by atoms with Crippen LogP contribution < -0.4 is 5.11 Å². The van der Waals surface area contributed by atoms with Gasteiger partial charge in [0, 0.05) is 18.0 Å². The van der Waals surface area contributed by atoms with Crippen LogP contribution in [0.4, 0.5) is 0 Å². The van der Waals surface area contributed by atoms with Gasteiger partial charge in [-0.25, -0.2) is 4.79 Å². The number of ether oxygens (including phenoxy) is 1. The smallest absolute Gasteiger partial charge is 0.330 e. The molecule has 1 fully saturated rings. The van der Waals surface area contributed by atoms with Crippen molar-refractivity contribution in [3.63, 3.8) is 0 Å². The van der Waals surface area contributed by atoms with E-state index in [0.717, 1.165) is 0 Å². The summed E-state index contributed by atoms with van der Waals surface area (Å²) in [6, 6.07) is 0. The van der Waals surface area contributed by atoms with Gasteiger partial charge in [-0.1, -0.05) is 19.9 Å². The molecule has 0 bridgehead atoms. The SMILES string of the molecule is COC(=O)C=CC1C(C(=O)[O-])C1(C)C. The maximum Gasteiger partial charge on any atom is 0.330 e. The molecule has 1 saturated carbocycles. The van der Waals surface area contributed by atoms with Crippen LogP contribution in [0, 0.1) is 17.3 Å². The predicted molar refractivity (Wildman–Crippen MR) is 46.9 cm³/mol. The van der Waals surface area contributed by atoms with Crippen molar-refractivity contribution in [2.45, 2.75) is 13.8 Å². The van der Waals surface area contributed by atoms with Crippen LogP contribution in [0.15, 0.2) is 12.2 Å². The van der Waals surface area contributed by atoms with Crippen LogP contribution in [-0.4, -0.2) is 19.0 Å². The molecule has 0 radical (unpaired) electrons. The van der Waals surface area contributed by atoms with Gasteiger partial charge in [0.25, 0.3) is 0 Å². The molecule has 4 nitrogen and oxygen atoms in total. The van der Waals surface area contributed by atoms with E-state index in [1.165, 1.54) is 13.2 Å². The zero-order valence-corrected chi connectivity index (χ0v) is 8.44. The second-order valence-corrected chi connectivity index (χ2v) is 4.03. The summed E-state index contributed by atoms with van der Waals surface area (Å²) < 4.78 is 4.40. The molecule has 1 aliphatic rings. The van der Waals surface area contributed by atoms with E-state index in [9.17, 15) is 14.7 Å². The zero-order valence-electron chi connectivity index (χ0n) is 8.44. The van der Waals surface area contributed by atoms with Gasteiger partial charge in [-0.3, -0.25) is 0 Å². The highest BCUT2D eigenvalue weighted by Gasteiger charge is 2.56. The lowest BCUT2D eigenvalue weighted by molar-refractivity contribution is -0.309. The van der Waals surface area contributed by atoms with Crippen molar-refractivity contribution in [3.05, 3.63) is 12.2 Å². The number of allylic oxidation sites excluding steroid dienone is 1. The summed E-state index contributed by atoms with van der Waals surface area (Å²) in [6.45, 7) is 3.67. The van der Waals surface area contributed by atoms with Gasteiger partial charge in [-0.2, -0.15) is 0 Å². The molecule has 0 aromatic rings. The summed E-state index contributed by atoms with van der Waals surface area (Å²) in [5.74, 6) is -2.16. The third-order valence-electron chi connectivity index (χ3n) is 2.81. The summed E-state index contributed by atoms with van der Waals surface area (Å²) in [4.78, 5) is 21.4. The second kappa shape index (κ2) is 3.44. The largest absolute Gasteiger partial charge is 0.550 e. The molecule has 2 atom stereocenters. The number of carbonyl (C=O) groups excluding carboxylic acids is 2. The van der Waals surface area contributed by atoms with E-state index < -0.39 is 17.9 Å². The first-order valence-corrected chi connectivity index (χ1v) is 4.38. The van der Waals surface area contributed by atoms with Gasteiger partial charge in [0.1, 0.15) is 0 Å². The fourth-order valence-corrected chi connectivity index (χ4v) is 1.74. The molecule has 0 saturated heterocycles. The molecule has 0 N–H and O–H groups in total. The molecule has 0 aromatic heterocycles. The van der Waals surface area contributed by atoms with E-state index in [0.29, 0.717) is 0 Å². The number of esters is 1. The number of hydrogen-bond donors (Lipinski definition) is 0. The van der Waals surface area contributed by atoms with E-state index in [-0.39, 0.29) is 11.3 Å². The standard InChI is InChI=1S/C10H14O4/c1-10(2)6(8(10)9(12)13)4-5-7(11)14-3/h4-6,8H,1-3H3,(H,12,13)/p-1. The van der Waals surface area contributed by atoms with E-state index in [4.69, 9.17) is 0 Å². The third kappa shape index (κ3) is 1.78. The summed E-state index contributed by atoms with van der Waals surface area (Å²) in [5.41, 5.74) is -0.316. The minimum Gasteiger partial charge on any atom is -0.550 e. The normalized spacial score (nSPS) is 28.8. The highest BCUT2D eigenvalue weighted by molar-refractivity contribution is 5.82. The van der Waals surface area contributed by atoms with Crippen molar-refractivity contribution >= 4 is 11.9 Å². The summed E-state index contributed by atoms with van der Waals surface area (Å²) in [7, 11) is 1.28. The lowest BCUT2D eigenvalue weighted by Crippen LogP contribution is -2.26. The Morgan fingerprint density at radius 2 is 2.00 bits per heavy atom. The van der Waals surface area contributed by atoms with Crippen molar-refractivity contribution in [1.29, 1.82) is 0 Å². The lowest BCUT2D eigenvalue weighted by Gasteiger charge is -2.01. The van der Waals surface area contributed by atoms with Gasteiger partial charge in [-0.15, -0.1) is 0 Å². The molecule has 1 rings (SSSR count). The number of aliphatic carboxylic acids is 1. The number of carboxylic acids is 1. The van der Waals surface area contributed by atoms with Gasteiger partial charge in [0.05, 0.1) is 7.11 Å². The third-order valence-corrected chi connectivity index (χ3v) is 2.81. The average Bonchev–Trinajstić information content (AvgIpc) is 2.64. The van der Waals surface area contributed by atoms with Crippen LogP contribution in [0.5, 0.6) is 0 Å². The van der Waals surface area contributed by atoms with Crippen molar-refractivity contribution in [1.82, 2.24) is 0 Å². The Morgan fingerprint density at radius 1 is 1.43 bits per heavy atom. The van der Waals surface area contributed by atoms with Gasteiger partial charge < -0.3 is 14.6 Å². The fourth-order valence-electron chi connectivity index (χ4n) is 1.74. The molecular formula is C10H13O4-. The van der Waals surface area contributed by atoms with Crippen LogP contribution in [-0.2, 0) is 14.3 Å². The minimum absolute atomic E-state index is 0.133. The Morgan fingerprint density at radius 3 is 2.36 bits per heavy atom. The van der Waals surface area contributed by atoms with Crippen LogP contribution >= 0.6 is 0 Å². The Balaban J connectivity index is 2.61. The van der Waals surface area contributed by atoms with Gasteiger partial charge >= 0.3 is 5.97 Å².